The molecule has 0 bridgehead atoms. The summed E-state index contributed by atoms with van der Waals surface area (Å²) in [5, 5.41) is 0. The lowest BCUT2D eigenvalue weighted by Crippen LogP contribution is -2.29. The second-order valence-electron chi connectivity index (χ2n) is 6.46. The lowest BCUT2D eigenvalue weighted by molar-refractivity contribution is -0.139. The summed E-state index contributed by atoms with van der Waals surface area (Å²) in [6, 6.07) is 6.49. The Morgan fingerprint density at radius 3 is 2.65 bits per heavy atom. The van der Waals surface area contributed by atoms with Gasteiger partial charge in [0.25, 0.3) is 0 Å². The van der Waals surface area contributed by atoms with Crippen LogP contribution in [0.1, 0.15) is 33.1 Å². The fraction of sp³-hybridized carbons (Fsp3) is 0.444. The van der Waals surface area contributed by atoms with Gasteiger partial charge < -0.3 is 14.2 Å². The molecule has 0 spiro atoms. The quantitative estimate of drug-likeness (QED) is 0.370. The van der Waals surface area contributed by atoms with Crippen molar-refractivity contribution in [1.82, 2.24) is 0 Å². The molecule has 1 aromatic rings. The topological polar surface area (TPSA) is 65.1 Å². The standard InChI is InChI=1S/C18H20O5/c1-11(2)16(19)21-13-5-4-6-14(10-13)22-17(20)12-7-8-18(3)15(9-12)23-18/h4-6,10,12,15H,1,7-9H2,2-3H3. The second kappa shape index (κ2) is 5.81. The van der Waals surface area contributed by atoms with Crippen LogP contribution in [0.25, 0.3) is 0 Å². The summed E-state index contributed by atoms with van der Waals surface area (Å²) in [7, 11) is 0. The predicted octanol–water partition coefficient (Wildman–Crippen LogP) is 3.03. The Kier molecular flexibility index (Phi) is 3.98. The number of benzene rings is 1. The molecule has 0 aromatic heterocycles. The molecule has 0 amide bonds. The Morgan fingerprint density at radius 2 is 2.00 bits per heavy atom. The number of fused-ring (bicyclic) bond motifs is 1. The third-order valence-electron chi connectivity index (χ3n) is 4.44. The maximum Gasteiger partial charge on any atom is 0.338 e. The summed E-state index contributed by atoms with van der Waals surface area (Å²) < 4.78 is 16.2. The summed E-state index contributed by atoms with van der Waals surface area (Å²) in [5.41, 5.74) is 0.287. The molecule has 1 saturated heterocycles. The molecule has 122 valence electrons. The van der Waals surface area contributed by atoms with Gasteiger partial charge in [-0.3, -0.25) is 4.79 Å². The fourth-order valence-electron chi connectivity index (χ4n) is 2.85. The average molecular weight is 316 g/mol. The smallest absolute Gasteiger partial charge is 0.338 e. The van der Waals surface area contributed by atoms with Crippen LogP contribution in [-0.2, 0) is 14.3 Å². The van der Waals surface area contributed by atoms with Crippen LogP contribution in [0, 0.1) is 5.92 Å². The molecule has 2 aliphatic rings. The molecule has 0 radical (unpaired) electrons. The minimum atomic E-state index is -0.508. The number of ether oxygens (including phenoxy) is 3. The summed E-state index contributed by atoms with van der Waals surface area (Å²) in [6.07, 6.45) is 2.54. The summed E-state index contributed by atoms with van der Waals surface area (Å²) in [6.45, 7) is 7.18. The highest BCUT2D eigenvalue weighted by molar-refractivity contribution is 5.88. The summed E-state index contributed by atoms with van der Waals surface area (Å²) in [5.74, 6) is -0.217. The molecule has 1 heterocycles. The van der Waals surface area contributed by atoms with Crippen molar-refractivity contribution in [3.63, 3.8) is 0 Å². The molecule has 23 heavy (non-hydrogen) atoms. The van der Waals surface area contributed by atoms with E-state index in [1.54, 1.807) is 25.1 Å². The normalized spacial score (nSPS) is 28.4. The molecule has 5 heteroatoms. The van der Waals surface area contributed by atoms with E-state index in [2.05, 4.69) is 13.5 Å². The number of carbonyl (C=O) groups excluding carboxylic acids is 2. The molecule has 1 aromatic carbocycles. The van der Waals surface area contributed by atoms with Crippen LogP contribution in [0.15, 0.2) is 36.4 Å². The van der Waals surface area contributed by atoms with E-state index >= 15 is 0 Å². The minimum absolute atomic E-state index is 0.0204. The Labute approximate surface area is 135 Å². The monoisotopic (exact) mass is 316 g/mol. The summed E-state index contributed by atoms with van der Waals surface area (Å²) in [4.78, 5) is 23.8. The molecule has 0 N–H and O–H groups in total. The molecule has 3 atom stereocenters. The molecule has 2 fully saturated rings. The predicted molar refractivity (Wildman–Crippen MR) is 83.1 cm³/mol. The number of hydrogen-bond donors (Lipinski definition) is 0. The van der Waals surface area contributed by atoms with Gasteiger partial charge >= 0.3 is 11.9 Å². The fourth-order valence-corrected chi connectivity index (χ4v) is 2.85. The van der Waals surface area contributed by atoms with E-state index < -0.39 is 5.97 Å². The Morgan fingerprint density at radius 1 is 1.30 bits per heavy atom. The first kappa shape index (κ1) is 15.7. The number of rotatable bonds is 4. The highest BCUT2D eigenvalue weighted by atomic mass is 16.6. The lowest BCUT2D eigenvalue weighted by atomic mass is 9.83. The average Bonchev–Trinajstić information content (AvgIpc) is 3.17. The first-order valence-electron chi connectivity index (χ1n) is 7.75. The van der Waals surface area contributed by atoms with E-state index in [4.69, 9.17) is 14.2 Å². The van der Waals surface area contributed by atoms with Crippen molar-refractivity contribution >= 4 is 11.9 Å². The van der Waals surface area contributed by atoms with Crippen LogP contribution in [0.5, 0.6) is 11.5 Å². The van der Waals surface area contributed by atoms with E-state index in [1.807, 2.05) is 0 Å². The maximum absolute atomic E-state index is 12.3. The van der Waals surface area contributed by atoms with Gasteiger partial charge in [0.15, 0.2) is 0 Å². The van der Waals surface area contributed by atoms with E-state index in [-0.39, 0.29) is 23.6 Å². The Bertz CT molecular complexity index is 665. The number of hydrogen-bond acceptors (Lipinski definition) is 5. The van der Waals surface area contributed by atoms with Gasteiger partial charge in [-0.25, -0.2) is 4.79 Å². The van der Waals surface area contributed by atoms with Gasteiger partial charge in [0, 0.05) is 11.6 Å². The van der Waals surface area contributed by atoms with Crippen LogP contribution in [-0.4, -0.2) is 23.6 Å². The van der Waals surface area contributed by atoms with Crippen molar-refractivity contribution < 1.29 is 23.8 Å². The molecule has 1 aliphatic carbocycles. The molecular formula is C18H20O5. The first-order chi connectivity index (χ1) is 10.9. The van der Waals surface area contributed by atoms with Crippen molar-refractivity contribution in [3.05, 3.63) is 36.4 Å². The lowest BCUT2D eigenvalue weighted by Gasteiger charge is -2.20. The molecule has 3 unspecified atom stereocenters. The molecular weight excluding hydrogens is 296 g/mol. The minimum Gasteiger partial charge on any atom is -0.426 e. The van der Waals surface area contributed by atoms with Gasteiger partial charge in [0.2, 0.25) is 0 Å². The van der Waals surface area contributed by atoms with Crippen LogP contribution in [0.4, 0.5) is 0 Å². The molecule has 1 aliphatic heterocycles. The second-order valence-corrected chi connectivity index (χ2v) is 6.46. The van der Waals surface area contributed by atoms with E-state index in [0.717, 1.165) is 12.8 Å². The van der Waals surface area contributed by atoms with Gasteiger partial charge in [-0.1, -0.05) is 12.6 Å². The van der Waals surface area contributed by atoms with Gasteiger partial charge in [-0.05, 0) is 45.2 Å². The van der Waals surface area contributed by atoms with Gasteiger partial charge in [0.1, 0.15) is 11.5 Å². The molecule has 3 rings (SSSR count). The largest absolute Gasteiger partial charge is 0.426 e. The van der Waals surface area contributed by atoms with Crippen molar-refractivity contribution in [2.75, 3.05) is 0 Å². The zero-order valence-electron chi connectivity index (χ0n) is 13.3. The third kappa shape index (κ3) is 3.45. The zero-order chi connectivity index (χ0) is 16.6. The zero-order valence-corrected chi connectivity index (χ0v) is 13.3. The maximum atomic E-state index is 12.3. The third-order valence-corrected chi connectivity index (χ3v) is 4.44. The van der Waals surface area contributed by atoms with Gasteiger partial charge in [0.05, 0.1) is 17.6 Å². The van der Waals surface area contributed by atoms with E-state index in [1.165, 1.54) is 6.07 Å². The van der Waals surface area contributed by atoms with Gasteiger partial charge in [-0.2, -0.15) is 0 Å². The van der Waals surface area contributed by atoms with Crippen LogP contribution < -0.4 is 9.47 Å². The highest BCUT2D eigenvalue weighted by Gasteiger charge is 2.56. The van der Waals surface area contributed by atoms with Crippen molar-refractivity contribution in [3.8, 4) is 11.5 Å². The van der Waals surface area contributed by atoms with Crippen molar-refractivity contribution in [2.45, 2.75) is 44.8 Å². The van der Waals surface area contributed by atoms with E-state index in [9.17, 15) is 9.59 Å². The molecule has 5 nitrogen and oxygen atoms in total. The Balaban J connectivity index is 1.60. The Hall–Kier alpha value is -2.14. The number of carbonyl (C=O) groups is 2. The number of epoxide rings is 1. The van der Waals surface area contributed by atoms with Crippen LogP contribution >= 0.6 is 0 Å². The van der Waals surface area contributed by atoms with Crippen molar-refractivity contribution in [2.24, 2.45) is 5.92 Å². The molecule has 1 saturated carbocycles. The summed E-state index contributed by atoms with van der Waals surface area (Å²) >= 11 is 0. The van der Waals surface area contributed by atoms with Crippen LogP contribution in [0.2, 0.25) is 0 Å². The van der Waals surface area contributed by atoms with Crippen LogP contribution in [0.3, 0.4) is 0 Å². The van der Waals surface area contributed by atoms with Crippen molar-refractivity contribution in [1.29, 1.82) is 0 Å². The van der Waals surface area contributed by atoms with Gasteiger partial charge in [-0.15, -0.1) is 0 Å². The number of esters is 2. The van der Waals surface area contributed by atoms with E-state index in [0.29, 0.717) is 23.5 Å². The highest BCUT2D eigenvalue weighted by Crippen LogP contribution is 2.49. The first-order valence-corrected chi connectivity index (χ1v) is 7.75. The SMILES string of the molecule is C=C(C)C(=O)Oc1cccc(OC(=O)C2CCC3(C)OC3C2)c1.